The molecule has 1 N–H and O–H groups in total. The molecule has 1 aliphatic heterocycles. The van der Waals surface area contributed by atoms with E-state index in [0.717, 1.165) is 31.7 Å². The Morgan fingerprint density at radius 3 is 2.96 bits per heavy atom. The second-order valence-corrected chi connectivity index (χ2v) is 7.18. The number of likely N-dealkylation sites (tertiary alicyclic amines) is 1. The highest BCUT2D eigenvalue weighted by Gasteiger charge is 2.34. The van der Waals surface area contributed by atoms with Gasteiger partial charge in [0.1, 0.15) is 0 Å². The van der Waals surface area contributed by atoms with Crippen LogP contribution in [0.3, 0.4) is 0 Å². The molecule has 4 rings (SSSR count). The summed E-state index contributed by atoms with van der Waals surface area (Å²) < 4.78 is 5.34. The van der Waals surface area contributed by atoms with E-state index in [4.69, 9.17) is 4.52 Å². The molecule has 2 aromatic heterocycles. The lowest BCUT2D eigenvalue weighted by molar-refractivity contribution is 0.117. The van der Waals surface area contributed by atoms with Gasteiger partial charge in [-0.15, -0.1) is 11.3 Å². The quantitative estimate of drug-likeness (QED) is 0.931. The number of hydrogen-bond donors (Lipinski definition) is 1. The van der Waals surface area contributed by atoms with E-state index in [1.165, 1.54) is 17.7 Å². The van der Waals surface area contributed by atoms with Gasteiger partial charge >= 0.3 is 6.03 Å². The van der Waals surface area contributed by atoms with E-state index in [1.807, 2.05) is 16.3 Å². The third kappa shape index (κ3) is 2.97. The molecule has 1 atom stereocenters. The highest BCUT2D eigenvalue weighted by Crippen LogP contribution is 2.35. The van der Waals surface area contributed by atoms with Crippen molar-refractivity contribution in [3.8, 4) is 0 Å². The molecule has 2 fully saturated rings. The molecule has 2 aliphatic rings. The van der Waals surface area contributed by atoms with Crippen LogP contribution < -0.4 is 5.32 Å². The molecule has 3 heterocycles. The minimum Gasteiger partial charge on any atom is -0.339 e. The van der Waals surface area contributed by atoms with E-state index in [-0.39, 0.29) is 12.1 Å². The maximum absolute atomic E-state index is 12.3. The molecule has 2 amide bonds. The SMILES string of the molecule is O=C(NCc1noc(C2CCCC2)n1)N1CC[C@@H]1c1cccs1. The predicted molar refractivity (Wildman–Crippen MR) is 86.1 cm³/mol. The third-order valence-corrected chi connectivity index (χ3v) is 5.71. The van der Waals surface area contributed by atoms with Crippen molar-refractivity contribution >= 4 is 17.4 Å². The minimum absolute atomic E-state index is 0.0538. The van der Waals surface area contributed by atoms with Gasteiger partial charge in [-0.2, -0.15) is 4.98 Å². The number of hydrogen-bond acceptors (Lipinski definition) is 5. The summed E-state index contributed by atoms with van der Waals surface area (Å²) in [4.78, 5) is 19.8. The number of aromatic nitrogens is 2. The first-order valence-corrected chi connectivity index (χ1v) is 9.09. The van der Waals surface area contributed by atoms with Gasteiger partial charge < -0.3 is 14.7 Å². The summed E-state index contributed by atoms with van der Waals surface area (Å²) in [5.41, 5.74) is 0. The highest BCUT2D eigenvalue weighted by atomic mass is 32.1. The van der Waals surface area contributed by atoms with E-state index in [0.29, 0.717) is 18.3 Å². The van der Waals surface area contributed by atoms with Crippen LogP contribution in [-0.2, 0) is 6.54 Å². The van der Waals surface area contributed by atoms with Crippen molar-refractivity contribution in [2.24, 2.45) is 0 Å². The zero-order chi connectivity index (χ0) is 15.6. The monoisotopic (exact) mass is 332 g/mol. The average Bonchev–Trinajstić information content (AvgIpc) is 3.25. The standard InChI is InChI=1S/C16H20N4O2S/c21-16(20-8-7-12(20)13-6-3-9-23-13)17-10-14-18-15(22-19-14)11-4-1-2-5-11/h3,6,9,11-12H,1-2,4-5,7-8,10H2,(H,17,21)/t12-/m1/s1. The van der Waals surface area contributed by atoms with Crippen molar-refractivity contribution in [1.82, 2.24) is 20.4 Å². The lowest BCUT2D eigenvalue weighted by Gasteiger charge is -2.40. The third-order valence-electron chi connectivity index (χ3n) is 4.74. The number of urea groups is 1. The van der Waals surface area contributed by atoms with Gasteiger partial charge in [-0.1, -0.05) is 24.1 Å². The van der Waals surface area contributed by atoms with Crippen LogP contribution in [-0.4, -0.2) is 27.6 Å². The molecule has 0 aromatic carbocycles. The Labute approximate surface area is 138 Å². The maximum Gasteiger partial charge on any atom is 0.318 e. The highest BCUT2D eigenvalue weighted by molar-refractivity contribution is 7.10. The zero-order valence-corrected chi connectivity index (χ0v) is 13.7. The van der Waals surface area contributed by atoms with Crippen molar-refractivity contribution in [1.29, 1.82) is 0 Å². The summed E-state index contributed by atoms with van der Waals surface area (Å²) in [5.74, 6) is 1.70. The summed E-state index contributed by atoms with van der Waals surface area (Å²) in [5, 5.41) is 8.94. The van der Waals surface area contributed by atoms with Gasteiger partial charge in [0.15, 0.2) is 5.82 Å². The molecule has 0 radical (unpaired) electrons. The average molecular weight is 332 g/mol. The fraction of sp³-hybridized carbons (Fsp3) is 0.562. The Kier molecular flexibility index (Phi) is 4.03. The van der Waals surface area contributed by atoms with E-state index < -0.39 is 0 Å². The first kappa shape index (κ1) is 14.7. The van der Waals surface area contributed by atoms with Crippen molar-refractivity contribution in [2.75, 3.05) is 6.54 Å². The van der Waals surface area contributed by atoms with Crippen LogP contribution in [0.25, 0.3) is 0 Å². The van der Waals surface area contributed by atoms with Gasteiger partial charge in [-0.05, 0) is 30.7 Å². The number of carbonyl (C=O) groups excluding carboxylic acids is 1. The van der Waals surface area contributed by atoms with Crippen molar-refractivity contribution in [3.05, 3.63) is 34.1 Å². The smallest absolute Gasteiger partial charge is 0.318 e. The molecule has 6 nitrogen and oxygen atoms in total. The molecule has 1 saturated heterocycles. The Morgan fingerprint density at radius 2 is 2.26 bits per heavy atom. The van der Waals surface area contributed by atoms with Crippen LogP contribution in [0.2, 0.25) is 0 Å². The topological polar surface area (TPSA) is 71.3 Å². The number of thiophene rings is 1. The van der Waals surface area contributed by atoms with Gasteiger partial charge in [0.2, 0.25) is 5.89 Å². The predicted octanol–water partition coefficient (Wildman–Crippen LogP) is 3.45. The maximum atomic E-state index is 12.3. The Balaban J connectivity index is 1.31. The number of nitrogens with zero attached hydrogens (tertiary/aromatic N) is 3. The summed E-state index contributed by atoms with van der Waals surface area (Å²) in [6.07, 6.45) is 5.76. The van der Waals surface area contributed by atoms with Crippen LogP contribution >= 0.6 is 11.3 Å². The first-order chi connectivity index (χ1) is 11.3. The molecule has 1 aliphatic carbocycles. The first-order valence-electron chi connectivity index (χ1n) is 8.21. The summed E-state index contributed by atoms with van der Waals surface area (Å²) in [6, 6.07) is 4.27. The Bertz CT molecular complexity index is 663. The molecule has 122 valence electrons. The number of rotatable bonds is 4. The van der Waals surface area contributed by atoms with Crippen LogP contribution in [0.15, 0.2) is 22.0 Å². The molecule has 2 aromatic rings. The van der Waals surface area contributed by atoms with E-state index >= 15 is 0 Å². The summed E-state index contributed by atoms with van der Waals surface area (Å²) in [7, 11) is 0. The molecular weight excluding hydrogens is 312 g/mol. The lowest BCUT2D eigenvalue weighted by Crippen LogP contribution is -2.49. The molecule has 23 heavy (non-hydrogen) atoms. The van der Waals surface area contributed by atoms with Crippen LogP contribution in [0.5, 0.6) is 0 Å². The second kappa shape index (κ2) is 6.31. The van der Waals surface area contributed by atoms with E-state index in [9.17, 15) is 4.79 Å². The van der Waals surface area contributed by atoms with E-state index in [1.54, 1.807) is 11.3 Å². The van der Waals surface area contributed by atoms with Crippen LogP contribution in [0.1, 0.15) is 60.7 Å². The van der Waals surface area contributed by atoms with Crippen LogP contribution in [0.4, 0.5) is 4.79 Å². The molecule has 0 spiro atoms. The molecule has 7 heteroatoms. The number of nitrogens with one attached hydrogen (secondary N) is 1. The Hall–Kier alpha value is -1.89. The fourth-order valence-corrected chi connectivity index (χ4v) is 4.21. The van der Waals surface area contributed by atoms with Gasteiger partial charge in [-0.25, -0.2) is 4.79 Å². The van der Waals surface area contributed by atoms with Crippen molar-refractivity contribution in [3.63, 3.8) is 0 Å². The zero-order valence-electron chi connectivity index (χ0n) is 12.9. The van der Waals surface area contributed by atoms with Gasteiger partial charge in [0, 0.05) is 17.3 Å². The molecular formula is C16H20N4O2S. The minimum atomic E-state index is -0.0538. The summed E-state index contributed by atoms with van der Waals surface area (Å²) in [6.45, 7) is 1.12. The Morgan fingerprint density at radius 1 is 1.39 bits per heavy atom. The molecule has 1 saturated carbocycles. The normalized spacial score (nSPS) is 21.4. The van der Waals surface area contributed by atoms with Gasteiger partial charge in [0.25, 0.3) is 0 Å². The summed E-state index contributed by atoms with van der Waals surface area (Å²) >= 11 is 1.70. The largest absolute Gasteiger partial charge is 0.339 e. The molecule has 0 unspecified atom stereocenters. The number of amides is 2. The van der Waals surface area contributed by atoms with Gasteiger partial charge in [0.05, 0.1) is 12.6 Å². The lowest BCUT2D eigenvalue weighted by atomic mass is 10.0. The number of carbonyl (C=O) groups is 1. The van der Waals surface area contributed by atoms with Crippen molar-refractivity contribution in [2.45, 2.75) is 50.6 Å². The fourth-order valence-electron chi connectivity index (χ4n) is 3.34. The van der Waals surface area contributed by atoms with Crippen LogP contribution in [0, 0.1) is 0 Å². The van der Waals surface area contributed by atoms with E-state index in [2.05, 4.69) is 21.5 Å². The molecule has 0 bridgehead atoms. The second-order valence-electron chi connectivity index (χ2n) is 6.20. The van der Waals surface area contributed by atoms with Crippen molar-refractivity contribution < 1.29 is 9.32 Å². The van der Waals surface area contributed by atoms with Gasteiger partial charge in [-0.3, -0.25) is 0 Å².